The van der Waals surface area contributed by atoms with Crippen molar-refractivity contribution in [1.29, 1.82) is 0 Å². The van der Waals surface area contributed by atoms with E-state index in [4.69, 9.17) is 10.5 Å². The van der Waals surface area contributed by atoms with Crippen molar-refractivity contribution in [2.45, 2.75) is 25.4 Å². The number of ether oxygens (including phenoxy) is 1. The molecule has 0 saturated carbocycles. The van der Waals surface area contributed by atoms with Crippen LogP contribution in [-0.2, 0) is 4.74 Å². The number of nitrogens with two attached hydrogens (primary N) is 1. The Morgan fingerprint density at radius 3 is 2.62 bits per heavy atom. The summed E-state index contributed by atoms with van der Waals surface area (Å²) in [5.74, 6) is -0.0126. The maximum absolute atomic E-state index is 12.7. The minimum atomic E-state index is -0.222. The van der Waals surface area contributed by atoms with Crippen molar-refractivity contribution in [2.75, 3.05) is 45.7 Å². The van der Waals surface area contributed by atoms with Gasteiger partial charge >= 0.3 is 6.03 Å². The van der Waals surface area contributed by atoms with Crippen LogP contribution in [-0.4, -0.2) is 68.2 Å². The molecule has 0 bridgehead atoms. The highest BCUT2D eigenvalue weighted by molar-refractivity contribution is 5.96. The van der Waals surface area contributed by atoms with Gasteiger partial charge in [0.1, 0.15) is 0 Å². The second-order valence-electron chi connectivity index (χ2n) is 6.41. The van der Waals surface area contributed by atoms with Crippen molar-refractivity contribution < 1.29 is 14.3 Å². The lowest BCUT2D eigenvalue weighted by Crippen LogP contribution is -2.41. The molecule has 26 heavy (non-hydrogen) atoms. The normalized spacial score (nSPS) is 14.5. The molecule has 7 nitrogen and oxygen atoms in total. The van der Waals surface area contributed by atoms with Gasteiger partial charge in [0.25, 0.3) is 5.91 Å². The van der Waals surface area contributed by atoms with Crippen LogP contribution in [0.1, 0.15) is 29.6 Å². The Morgan fingerprint density at radius 1 is 1.31 bits per heavy atom. The Labute approximate surface area is 161 Å². The van der Waals surface area contributed by atoms with E-state index in [0.29, 0.717) is 37.5 Å². The Hall–Kier alpha value is -1.83. The van der Waals surface area contributed by atoms with Gasteiger partial charge in [-0.15, -0.1) is 12.4 Å². The number of benzene rings is 1. The third-order valence-corrected chi connectivity index (χ3v) is 4.20. The number of halogens is 1. The zero-order valence-electron chi connectivity index (χ0n) is 15.4. The fraction of sp³-hybridized carbons (Fsp3) is 0.556. The number of carbonyl (C=O) groups is 2. The molecule has 0 unspecified atom stereocenters. The number of rotatable bonds is 6. The maximum Gasteiger partial charge on any atom is 0.321 e. The number of hydrogen-bond donors (Lipinski definition) is 2. The lowest BCUT2D eigenvalue weighted by atomic mass is 10.1. The molecular weight excluding hydrogens is 356 g/mol. The van der Waals surface area contributed by atoms with Gasteiger partial charge in [0.2, 0.25) is 0 Å². The predicted octanol–water partition coefficient (Wildman–Crippen LogP) is 2.17. The molecule has 146 valence electrons. The molecule has 1 aliphatic heterocycles. The van der Waals surface area contributed by atoms with Gasteiger partial charge in [-0.3, -0.25) is 4.79 Å². The molecule has 8 heteroatoms. The van der Waals surface area contributed by atoms with E-state index in [2.05, 4.69) is 5.32 Å². The summed E-state index contributed by atoms with van der Waals surface area (Å²) in [4.78, 5) is 27.7. The van der Waals surface area contributed by atoms with E-state index in [0.717, 1.165) is 19.3 Å². The first-order valence-electron chi connectivity index (χ1n) is 8.70. The summed E-state index contributed by atoms with van der Waals surface area (Å²) in [5.41, 5.74) is 6.67. The summed E-state index contributed by atoms with van der Waals surface area (Å²) in [6.45, 7) is 2.68. The van der Waals surface area contributed by atoms with Crippen LogP contribution in [0.25, 0.3) is 0 Å². The highest BCUT2D eigenvalue weighted by atomic mass is 35.5. The van der Waals surface area contributed by atoms with Crippen LogP contribution in [0.15, 0.2) is 24.3 Å². The molecule has 3 amide bonds. The van der Waals surface area contributed by atoms with Gasteiger partial charge in [-0.25, -0.2) is 4.79 Å². The molecule has 0 radical (unpaired) electrons. The van der Waals surface area contributed by atoms with Crippen LogP contribution >= 0.6 is 12.4 Å². The highest BCUT2D eigenvalue weighted by Crippen LogP contribution is 2.18. The topological polar surface area (TPSA) is 87.9 Å². The number of piperidine rings is 1. The van der Waals surface area contributed by atoms with E-state index >= 15 is 0 Å². The fourth-order valence-corrected chi connectivity index (χ4v) is 2.71. The summed E-state index contributed by atoms with van der Waals surface area (Å²) < 4.78 is 5.77. The summed E-state index contributed by atoms with van der Waals surface area (Å²) in [6.07, 6.45) is 2.76. The average molecular weight is 385 g/mol. The molecule has 1 aromatic carbocycles. The summed E-state index contributed by atoms with van der Waals surface area (Å²) >= 11 is 0. The minimum Gasteiger partial charge on any atom is -0.378 e. The van der Waals surface area contributed by atoms with E-state index in [1.165, 1.54) is 4.90 Å². The summed E-state index contributed by atoms with van der Waals surface area (Å²) in [7, 11) is 3.34. The van der Waals surface area contributed by atoms with Gasteiger partial charge in [-0.05, 0) is 44.0 Å². The van der Waals surface area contributed by atoms with E-state index in [9.17, 15) is 9.59 Å². The third kappa shape index (κ3) is 6.48. The van der Waals surface area contributed by atoms with Gasteiger partial charge in [-0.2, -0.15) is 0 Å². The van der Waals surface area contributed by atoms with Crippen molar-refractivity contribution in [2.24, 2.45) is 5.73 Å². The average Bonchev–Trinajstić information content (AvgIpc) is 2.62. The second-order valence-corrected chi connectivity index (χ2v) is 6.41. The number of amides is 3. The molecule has 3 N–H and O–H groups in total. The Balaban J connectivity index is 0.00000338. The maximum atomic E-state index is 12.7. The largest absolute Gasteiger partial charge is 0.378 e. The number of nitrogens with one attached hydrogen (secondary N) is 1. The van der Waals surface area contributed by atoms with E-state index in [1.807, 2.05) is 4.90 Å². The van der Waals surface area contributed by atoms with Crippen molar-refractivity contribution >= 4 is 30.0 Å². The van der Waals surface area contributed by atoms with Crippen LogP contribution in [0.3, 0.4) is 0 Å². The molecule has 0 spiro atoms. The van der Waals surface area contributed by atoms with Crippen LogP contribution < -0.4 is 11.1 Å². The Morgan fingerprint density at radius 2 is 2.00 bits per heavy atom. The number of likely N-dealkylation sites (tertiary alicyclic amines) is 1. The SMILES string of the molecule is CN(C)C(=O)Nc1cccc(C(=O)N2CCC(OCCCN)CC2)c1.Cl. The summed E-state index contributed by atoms with van der Waals surface area (Å²) in [5, 5.41) is 2.76. The molecule has 1 fully saturated rings. The molecule has 0 atom stereocenters. The van der Waals surface area contributed by atoms with Crippen LogP contribution in [0.4, 0.5) is 10.5 Å². The van der Waals surface area contributed by atoms with E-state index < -0.39 is 0 Å². The van der Waals surface area contributed by atoms with E-state index in [-0.39, 0.29) is 30.4 Å². The minimum absolute atomic E-state index is 0. The van der Waals surface area contributed by atoms with Crippen LogP contribution in [0.5, 0.6) is 0 Å². The number of urea groups is 1. The van der Waals surface area contributed by atoms with Crippen molar-refractivity contribution in [1.82, 2.24) is 9.80 Å². The molecule has 0 aliphatic carbocycles. The zero-order chi connectivity index (χ0) is 18.2. The van der Waals surface area contributed by atoms with Crippen LogP contribution in [0.2, 0.25) is 0 Å². The highest BCUT2D eigenvalue weighted by Gasteiger charge is 2.24. The van der Waals surface area contributed by atoms with Crippen LogP contribution in [0, 0.1) is 0 Å². The van der Waals surface area contributed by atoms with Gasteiger partial charge < -0.3 is 25.6 Å². The van der Waals surface area contributed by atoms with Crippen molar-refractivity contribution in [3.05, 3.63) is 29.8 Å². The lowest BCUT2D eigenvalue weighted by molar-refractivity contribution is 0.00844. The van der Waals surface area contributed by atoms with Gasteiger partial charge in [0, 0.05) is 45.0 Å². The lowest BCUT2D eigenvalue weighted by Gasteiger charge is -2.32. The Bertz CT molecular complexity index is 590. The predicted molar refractivity (Wildman–Crippen MR) is 105 cm³/mol. The first-order valence-corrected chi connectivity index (χ1v) is 8.70. The zero-order valence-corrected chi connectivity index (χ0v) is 16.3. The molecule has 1 aromatic rings. The molecule has 1 aliphatic rings. The van der Waals surface area contributed by atoms with Gasteiger partial charge in [-0.1, -0.05) is 6.07 Å². The molecule has 1 heterocycles. The van der Waals surface area contributed by atoms with Gasteiger partial charge in [0.05, 0.1) is 6.10 Å². The van der Waals surface area contributed by atoms with E-state index in [1.54, 1.807) is 38.4 Å². The third-order valence-electron chi connectivity index (χ3n) is 4.20. The smallest absolute Gasteiger partial charge is 0.321 e. The summed E-state index contributed by atoms with van der Waals surface area (Å²) in [6, 6.07) is 6.82. The number of anilines is 1. The molecular formula is C18H29ClN4O3. The first kappa shape index (κ1) is 22.2. The molecule has 2 rings (SSSR count). The standard InChI is InChI=1S/C18H28N4O3.ClH/c1-21(2)18(24)20-15-6-3-5-14(13-15)17(23)22-10-7-16(8-11-22)25-12-4-9-19;/h3,5-6,13,16H,4,7-12,19H2,1-2H3,(H,20,24);1H. The number of hydrogen-bond acceptors (Lipinski definition) is 4. The first-order chi connectivity index (χ1) is 12.0. The molecule has 0 aromatic heterocycles. The van der Waals surface area contributed by atoms with Crippen molar-refractivity contribution in [3.63, 3.8) is 0 Å². The molecule has 1 saturated heterocycles. The Kier molecular flexibility index (Phi) is 9.40. The van der Waals surface area contributed by atoms with Crippen molar-refractivity contribution in [3.8, 4) is 0 Å². The number of carbonyl (C=O) groups excluding carboxylic acids is 2. The monoisotopic (exact) mass is 384 g/mol. The quantitative estimate of drug-likeness (QED) is 0.736. The fourth-order valence-electron chi connectivity index (χ4n) is 2.71. The second kappa shape index (κ2) is 11.0. The van der Waals surface area contributed by atoms with Gasteiger partial charge in [0.15, 0.2) is 0 Å². The number of nitrogens with zero attached hydrogens (tertiary/aromatic N) is 2.